The number of hydrogen-bond acceptors (Lipinski definition) is 5. The number of Topliss-reactive ketones (excluding diaryl/α,β-unsaturated/α-hetero) is 1. The topological polar surface area (TPSA) is 63.1 Å². The first-order valence-electron chi connectivity index (χ1n) is 9.67. The lowest BCUT2D eigenvalue weighted by Gasteiger charge is -2.58. The van der Waals surface area contributed by atoms with Crippen molar-refractivity contribution in [3.63, 3.8) is 0 Å². The van der Waals surface area contributed by atoms with Crippen LogP contribution in [0, 0.1) is 23.7 Å². The van der Waals surface area contributed by atoms with E-state index in [-0.39, 0.29) is 5.78 Å². The van der Waals surface area contributed by atoms with Crippen LogP contribution in [0.4, 0.5) is 0 Å². The molecule has 2 unspecified atom stereocenters. The van der Waals surface area contributed by atoms with Gasteiger partial charge in [0, 0.05) is 30.6 Å². The van der Waals surface area contributed by atoms with E-state index in [0.717, 1.165) is 30.7 Å². The number of aliphatic hydroxyl groups is 1. The van der Waals surface area contributed by atoms with E-state index in [9.17, 15) is 9.90 Å². The summed E-state index contributed by atoms with van der Waals surface area (Å²) in [5.74, 6) is 2.39. The standard InChI is InChI=1S/C21H24N2O2S/c24-19(18-12-26-20(23-18)7-13-1-3-22-4-2-13)8-17-15-5-14-6-16(17)11-21(25,9-14)10-15/h1-4,12,14-17,25H,5-11H2. The Bertz CT molecular complexity index is 802. The fourth-order valence-electron chi connectivity index (χ4n) is 5.93. The number of pyridine rings is 1. The van der Waals surface area contributed by atoms with Gasteiger partial charge in [0.05, 0.1) is 10.6 Å². The molecule has 1 N–H and O–H groups in total. The molecule has 0 amide bonds. The first-order chi connectivity index (χ1) is 12.6. The average Bonchev–Trinajstić information content (AvgIpc) is 3.06. The Morgan fingerprint density at radius 3 is 2.62 bits per heavy atom. The summed E-state index contributed by atoms with van der Waals surface area (Å²) < 4.78 is 0. The SMILES string of the molecule is O=C(CC1C2CC3CC1CC(O)(C3)C2)c1csc(Cc2ccncc2)n1. The Morgan fingerprint density at radius 1 is 1.19 bits per heavy atom. The molecule has 2 aromatic rings. The van der Waals surface area contributed by atoms with Crippen LogP contribution in [-0.2, 0) is 6.42 Å². The fraction of sp³-hybridized carbons (Fsp3) is 0.571. The van der Waals surface area contributed by atoms with Crippen LogP contribution in [0.1, 0.15) is 59.6 Å². The van der Waals surface area contributed by atoms with Crippen molar-refractivity contribution in [1.82, 2.24) is 9.97 Å². The van der Waals surface area contributed by atoms with Crippen molar-refractivity contribution >= 4 is 17.1 Å². The maximum Gasteiger partial charge on any atom is 0.182 e. The molecule has 4 bridgehead atoms. The third kappa shape index (κ3) is 3.01. The van der Waals surface area contributed by atoms with E-state index in [1.54, 1.807) is 23.7 Å². The summed E-state index contributed by atoms with van der Waals surface area (Å²) in [6.07, 6.45) is 10.2. The molecule has 136 valence electrons. The van der Waals surface area contributed by atoms with E-state index in [4.69, 9.17) is 0 Å². The van der Waals surface area contributed by atoms with Crippen LogP contribution >= 0.6 is 11.3 Å². The van der Waals surface area contributed by atoms with Gasteiger partial charge in [-0.1, -0.05) is 0 Å². The fourth-order valence-corrected chi connectivity index (χ4v) is 6.77. The number of aromatic nitrogens is 2. The Hall–Kier alpha value is -1.59. The third-order valence-electron chi connectivity index (χ3n) is 6.80. The summed E-state index contributed by atoms with van der Waals surface area (Å²) in [6.45, 7) is 0. The van der Waals surface area contributed by atoms with E-state index in [2.05, 4.69) is 9.97 Å². The summed E-state index contributed by atoms with van der Waals surface area (Å²) >= 11 is 1.57. The molecule has 0 radical (unpaired) electrons. The van der Waals surface area contributed by atoms with Gasteiger partial charge in [-0.3, -0.25) is 9.78 Å². The Labute approximate surface area is 157 Å². The minimum absolute atomic E-state index is 0.187. The molecule has 4 aliphatic carbocycles. The zero-order chi connectivity index (χ0) is 17.7. The second kappa shape index (κ2) is 6.24. The van der Waals surface area contributed by atoms with Gasteiger partial charge in [0.2, 0.25) is 0 Å². The van der Waals surface area contributed by atoms with E-state index in [0.29, 0.717) is 35.8 Å². The molecule has 6 rings (SSSR count). The van der Waals surface area contributed by atoms with Gasteiger partial charge in [0.1, 0.15) is 5.69 Å². The molecule has 4 nitrogen and oxygen atoms in total. The molecule has 0 aromatic carbocycles. The molecule has 4 saturated carbocycles. The Morgan fingerprint density at radius 2 is 1.92 bits per heavy atom. The van der Waals surface area contributed by atoms with Crippen LogP contribution in [0.3, 0.4) is 0 Å². The van der Waals surface area contributed by atoms with Crippen LogP contribution < -0.4 is 0 Å². The molecule has 4 aliphatic rings. The molecule has 0 spiro atoms. The summed E-state index contributed by atoms with van der Waals surface area (Å²) in [4.78, 5) is 21.5. The van der Waals surface area contributed by atoms with Crippen molar-refractivity contribution in [2.75, 3.05) is 0 Å². The highest BCUT2D eigenvalue weighted by Gasteiger charge is 2.54. The number of hydrogen-bond donors (Lipinski definition) is 1. The van der Waals surface area contributed by atoms with Crippen LogP contribution in [0.2, 0.25) is 0 Å². The molecule has 2 heterocycles. The molecule has 0 saturated heterocycles. The van der Waals surface area contributed by atoms with Crippen molar-refractivity contribution in [1.29, 1.82) is 0 Å². The Balaban J connectivity index is 1.27. The number of carbonyl (C=O) groups excluding carboxylic acids is 1. The molecular formula is C21H24N2O2S. The van der Waals surface area contributed by atoms with Crippen molar-refractivity contribution in [2.24, 2.45) is 23.7 Å². The molecule has 0 aliphatic heterocycles. The van der Waals surface area contributed by atoms with Gasteiger partial charge in [0.25, 0.3) is 0 Å². The minimum atomic E-state index is -0.422. The molecule has 5 heteroatoms. The maximum atomic E-state index is 12.9. The monoisotopic (exact) mass is 368 g/mol. The predicted octanol–water partition coefficient (Wildman–Crippen LogP) is 3.89. The lowest BCUT2D eigenvalue weighted by atomic mass is 9.49. The molecule has 26 heavy (non-hydrogen) atoms. The lowest BCUT2D eigenvalue weighted by molar-refractivity contribution is -0.151. The smallest absolute Gasteiger partial charge is 0.182 e. The zero-order valence-electron chi connectivity index (χ0n) is 14.8. The van der Waals surface area contributed by atoms with Gasteiger partial charge in [-0.2, -0.15) is 0 Å². The van der Waals surface area contributed by atoms with Crippen LogP contribution in [0.5, 0.6) is 0 Å². The maximum absolute atomic E-state index is 12.9. The van der Waals surface area contributed by atoms with Gasteiger partial charge in [0.15, 0.2) is 5.78 Å². The van der Waals surface area contributed by atoms with Gasteiger partial charge >= 0.3 is 0 Å². The van der Waals surface area contributed by atoms with Crippen LogP contribution in [0.25, 0.3) is 0 Å². The normalized spacial score (nSPS) is 35.0. The number of nitrogens with zero attached hydrogens (tertiary/aromatic N) is 2. The largest absolute Gasteiger partial charge is 0.390 e. The van der Waals surface area contributed by atoms with Crippen molar-refractivity contribution in [3.05, 3.63) is 46.2 Å². The number of ketones is 1. The van der Waals surface area contributed by atoms with E-state index >= 15 is 0 Å². The number of thiazole rings is 1. The first kappa shape index (κ1) is 16.6. The molecule has 2 aromatic heterocycles. The van der Waals surface area contributed by atoms with E-state index < -0.39 is 5.60 Å². The highest BCUT2D eigenvalue weighted by atomic mass is 32.1. The summed E-state index contributed by atoms with van der Waals surface area (Å²) in [5, 5.41) is 13.6. The van der Waals surface area contributed by atoms with E-state index in [1.165, 1.54) is 18.4 Å². The second-order valence-electron chi connectivity index (χ2n) is 8.64. The Kier molecular flexibility index (Phi) is 3.98. The average molecular weight is 369 g/mol. The summed E-state index contributed by atoms with van der Waals surface area (Å²) in [7, 11) is 0. The lowest BCUT2D eigenvalue weighted by Crippen LogP contribution is -2.54. The highest BCUT2D eigenvalue weighted by Crippen LogP contribution is 2.59. The third-order valence-corrected chi connectivity index (χ3v) is 7.65. The number of rotatable bonds is 5. The van der Waals surface area contributed by atoms with Crippen molar-refractivity contribution in [3.8, 4) is 0 Å². The quantitative estimate of drug-likeness (QED) is 0.813. The van der Waals surface area contributed by atoms with E-state index in [1.807, 2.05) is 17.5 Å². The van der Waals surface area contributed by atoms with Gasteiger partial charge in [-0.15, -0.1) is 11.3 Å². The number of carbonyl (C=O) groups is 1. The molecule has 4 fully saturated rings. The minimum Gasteiger partial charge on any atom is -0.390 e. The second-order valence-corrected chi connectivity index (χ2v) is 9.59. The summed E-state index contributed by atoms with van der Waals surface area (Å²) in [6, 6.07) is 3.98. The predicted molar refractivity (Wildman–Crippen MR) is 100 cm³/mol. The van der Waals surface area contributed by atoms with Crippen LogP contribution in [0.15, 0.2) is 29.9 Å². The first-order valence-corrected chi connectivity index (χ1v) is 10.5. The molecular weight excluding hydrogens is 344 g/mol. The van der Waals surface area contributed by atoms with Gasteiger partial charge < -0.3 is 5.11 Å². The van der Waals surface area contributed by atoms with Crippen LogP contribution in [-0.4, -0.2) is 26.5 Å². The molecule has 2 atom stereocenters. The highest BCUT2D eigenvalue weighted by molar-refractivity contribution is 7.09. The van der Waals surface area contributed by atoms with Gasteiger partial charge in [-0.05, 0) is 73.5 Å². The van der Waals surface area contributed by atoms with Crippen molar-refractivity contribution in [2.45, 2.75) is 50.5 Å². The van der Waals surface area contributed by atoms with Gasteiger partial charge in [-0.25, -0.2) is 4.98 Å². The van der Waals surface area contributed by atoms with Crippen molar-refractivity contribution < 1.29 is 9.90 Å². The zero-order valence-corrected chi connectivity index (χ0v) is 15.6. The summed E-state index contributed by atoms with van der Waals surface area (Å²) in [5.41, 5.74) is 1.38.